The SMILES string of the molecule is Cc1cccc(C)c1N1C(=O)c2ccc3c4c(ccc(c24)C1=O)C(=O)N(c1cccc(NC(=O)c2cccc(C(=O)Nc4cccc(N5C(=O)c6ccc7c8c(ccc(c68)C5=O)C(=O)N(c5c(C)cccc5C)C7=O)c4)n2)c1)C3=O. The molecule has 9 aromatic rings. The second kappa shape index (κ2) is 17.8. The average molecular weight is 1050 g/mol. The Bertz CT molecular complexity index is 4040. The number of benzene rings is 8. The molecule has 0 bridgehead atoms. The fraction of sp³-hybridized carbons (Fsp3) is 0.0635. The highest BCUT2D eigenvalue weighted by Gasteiger charge is 2.43. The molecule has 1 aromatic heterocycles. The molecule has 0 radical (unpaired) electrons. The Labute approximate surface area is 453 Å². The molecule has 0 atom stereocenters. The molecule has 2 N–H and O–H groups in total. The average Bonchev–Trinajstić information content (AvgIpc) is 3.54. The number of rotatable bonds is 8. The van der Waals surface area contributed by atoms with Crippen molar-refractivity contribution in [1.29, 1.82) is 0 Å². The maximum absolute atomic E-state index is 14.3. The van der Waals surface area contributed by atoms with E-state index in [-0.39, 0.29) is 100 Å². The third kappa shape index (κ3) is 7.06. The first-order valence-corrected chi connectivity index (χ1v) is 25.2. The molecule has 0 saturated carbocycles. The Kier molecular flexibility index (Phi) is 10.8. The molecular formula is C63H39N7O10. The van der Waals surface area contributed by atoms with Crippen LogP contribution in [0.15, 0.2) is 152 Å². The number of aryl methyl sites for hydroxylation is 4. The molecule has 0 saturated heterocycles. The number of anilines is 6. The van der Waals surface area contributed by atoms with Crippen molar-refractivity contribution in [2.45, 2.75) is 27.7 Å². The fourth-order valence-corrected chi connectivity index (χ4v) is 11.5. The Morgan fingerprint density at radius 1 is 0.325 bits per heavy atom. The van der Waals surface area contributed by atoms with E-state index in [1.165, 1.54) is 115 Å². The van der Waals surface area contributed by atoms with E-state index in [0.717, 1.165) is 41.9 Å². The molecule has 80 heavy (non-hydrogen) atoms. The maximum Gasteiger partial charge on any atom is 0.274 e. The Morgan fingerprint density at radius 2 is 0.575 bits per heavy atom. The van der Waals surface area contributed by atoms with Crippen LogP contribution in [0.1, 0.15) is 126 Å². The van der Waals surface area contributed by atoms with E-state index < -0.39 is 59.1 Å². The monoisotopic (exact) mass is 1050 g/mol. The van der Waals surface area contributed by atoms with Crippen LogP contribution in [0.2, 0.25) is 0 Å². The zero-order valence-electron chi connectivity index (χ0n) is 42.8. The van der Waals surface area contributed by atoms with Gasteiger partial charge >= 0.3 is 0 Å². The molecule has 17 nitrogen and oxygen atoms in total. The third-order valence-corrected chi connectivity index (χ3v) is 15.1. The minimum Gasteiger partial charge on any atom is -0.321 e. The fourth-order valence-electron chi connectivity index (χ4n) is 11.5. The van der Waals surface area contributed by atoms with Gasteiger partial charge in [-0.25, -0.2) is 24.6 Å². The summed E-state index contributed by atoms with van der Waals surface area (Å²) in [7, 11) is 0. The van der Waals surface area contributed by atoms with Crippen LogP contribution in [0.25, 0.3) is 21.5 Å². The first-order chi connectivity index (χ1) is 38.5. The standard InChI is InChI=1S/C63H39N7O10/c1-30-10-5-11-31(2)52(30)69-60(77)42-24-20-38-48-39(21-25-43(50(42)48)61(69)78)57(74)67(56(38)73)36-16-7-14-34(28-36)64-54(71)46-18-9-19-47(66-46)55(72)65-35-15-8-17-37(29-35)68-58(75)40-22-26-44-51-45(27-23-41(49(40)51)59(68)76)63(80)70(62(44)79)53-32(3)12-6-13-33(53)4/h5-29H,1-4H3,(H,64,71)(H,65,72). The molecule has 0 spiro atoms. The molecule has 4 aliphatic rings. The summed E-state index contributed by atoms with van der Waals surface area (Å²) < 4.78 is 0. The van der Waals surface area contributed by atoms with Crippen LogP contribution in [-0.2, 0) is 0 Å². The summed E-state index contributed by atoms with van der Waals surface area (Å²) in [5.41, 5.74) is 5.16. The highest BCUT2D eigenvalue weighted by atomic mass is 16.2. The first kappa shape index (κ1) is 48.6. The smallest absolute Gasteiger partial charge is 0.274 e. The van der Waals surface area contributed by atoms with Crippen LogP contribution in [-0.4, -0.2) is 64.1 Å². The van der Waals surface area contributed by atoms with E-state index in [1.54, 1.807) is 0 Å². The number of nitrogens with one attached hydrogen (secondary N) is 2. The van der Waals surface area contributed by atoms with Gasteiger partial charge in [0.05, 0.1) is 22.7 Å². The van der Waals surface area contributed by atoms with E-state index >= 15 is 0 Å². The van der Waals surface area contributed by atoms with Crippen molar-refractivity contribution in [3.63, 3.8) is 0 Å². The lowest BCUT2D eigenvalue weighted by Gasteiger charge is -2.33. The summed E-state index contributed by atoms with van der Waals surface area (Å²) in [5.74, 6) is -6.64. The largest absolute Gasteiger partial charge is 0.321 e. The van der Waals surface area contributed by atoms with E-state index in [0.29, 0.717) is 11.4 Å². The third-order valence-electron chi connectivity index (χ3n) is 15.1. The molecule has 4 aliphatic heterocycles. The molecule has 17 heteroatoms. The maximum atomic E-state index is 14.3. The van der Waals surface area contributed by atoms with Crippen LogP contribution in [0.4, 0.5) is 34.1 Å². The first-order valence-electron chi connectivity index (χ1n) is 25.2. The molecule has 5 heterocycles. The number of hydrogen-bond acceptors (Lipinski definition) is 11. The minimum absolute atomic E-state index is 0.0994. The topological polar surface area (TPSA) is 221 Å². The number of imide groups is 4. The zero-order chi connectivity index (χ0) is 55.7. The zero-order valence-corrected chi connectivity index (χ0v) is 42.8. The van der Waals surface area contributed by atoms with E-state index in [2.05, 4.69) is 15.6 Å². The van der Waals surface area contributed by atoms with Crippen molar-refractivity contribution >= 4 is 115 Å². The van der Waals surface area contributed by atoms with Gasteiger partial charge < -0.3 is 10.6 Å². The molecule has 13 rings (SSSR count). The molecule has 0 aliphatic carbocycles. The molecule has 0 unspecified atom stereocenters. The molecule has 386 valence electrons. The predicted octanol–water partition coefficient (Wildman–Crippen LogP) is 10.3. The second-order valence-corrected chi connectivity index (χ2v) is 19.8. The molecular weight excluding hydrogens is 1010 g/mol. The van der Waals surface area contributed by atoms with Crippen LogP contribution >= 0.6 is 0 Å². The number of para-hydroxylation sites is 2. The summed E-state index contributed by atoms with van der Waals surface area (Å²) in [4.78, 5) is 150. The van der Waals surface area contributed by atoms with E-state index in [1.807, 2.05) is 64.1 Å². The van der Waals surface area contributed by atoms with Crippen molar-refractivity contribution in [3.8, 4) is 0 Å². The Morgan fingerprint density at radius 3 is 0.863 bits per heavy atom. The van der Waals surface area contributed by atoms with Gasteiger partial charge in [0.25, 0.3) is 59.1 Å². The van der Waals surface area contributed by atoms with E-state index in [4.69, 9.17) is 0 Å². The van der Waals surface area contributed by atoms with Gasteiger partial charge in [-0.3, -0.25) is 47.9 Å². The van der Waals surface area contributed by atoms with Crippen LogP contribution < -0.4 is 30.2 Å². The highest BCUT2D eigenvalue weighted by Crippen LogP contribution is 2.44. The minimum atomic E-state index is -0.737. The Hall–Kier alpha value is -11.1. The van der Waals surface area contributed by atoms with Gasteiger partial charge in [0.15, 0.2) is 0 Å². The second-order valence-electron chi connectivity index (χ2n) is 19.8. The normalized spacial score (nSPS) is 14.4. The van der Waals surface area contributed by atoms with Crippen molar-refractivity contribution in [3.05, 3.63) is 230 Å². The van der Waals surface area contributed by atoms with Gasteiger partial charge in [-0.2, -0.15) is 0 Å². The quantitative estimate of drug-likeness (QED) is 0.136. The van der Waals surface area contributed by atoms with Crippen LogP contribution in [0.5, 0.6) is 0 Å². The summed E-state index contributed by atoms with van der Waals surface area (Å²) in [6.07, 6.45) is 0. The van der Waals surface area contributed by atoms with Crippen LogP contribution in [0, 0.1) is 27.7 Å². The van der Waals surface area contributed by atoms with Gasteiger partial charge in [-0.1, -0.05) is 54.6 Å². The van der Waals surface area contributed by atoms with Crippen molar-refractivity contribution in [1.82, 2.24) is 4.98 Å². The van der Waals surface area contributed by atoms with Gasteiger partial charge in [0, 0.05) is 77.4 Å². The number of carbonyl (C=O) groups is 10. The Balaban J connectivity index is 0.718. The van der Waals surface area contributed by atoms with E-state index in [9.17, 15) is 47.9 Å². The number of aromatic nitrogens is 1. The number of pyridine rings is 1. The van der Waals surface area contributed by atoms with Gasteiger partial charge in [0.1, 0.15) is 11.4 Å². The number of hydrogen-bond donors (Lipinski definition) is 2. The lowest BCUT2D eigenvalue weighted by atomic mass is 9.85. The summed E-state index contributed by atoms with van der Waals surface area (Å²) >= 11 is 0. The number of carbonyl (C=O) groups excluding carboxylic acids is 10. The lowest BCUT2D eigenvalue weighted by molar-refractivity contribution is 0.0873. The molecule has 8 aromatic carbocycles. The predicted molar refractivity (Wildman–Crippen MR) is 297 cm³/mol. The van der Waals surface area contributed by atoms with Crippen molar-refractivity contribution < 1.29 is 47.9 Å². The van der Waals surface area contributed by atoms with Gasteiger partial charge in [-0.05, 0) is 147 Å². The van der Waals surface area contributed by atoms with Crippen LogP contribution in [0.3, 0.4) is 0 Å². The molecule has 10 amide bonds. The summed E-state index contributed by atoms with van der Waals surface area (Å²) in [6.45, 7) is 7.24. The van der Waals surface area contributed by atoms with Gasteiger partial charge in [0.2, 0.25) is 0 Å². The molecule has 0 fully saturated rings. The highest BCUT2D eigenvalue weighted by molar-refractivity contribution is 6.44. The number of nitrogens with zero attached hydrogens (tertiary/aromatic N) is 5. The number of amides is 10. The van der Waals surface area contributed by atoms with Crippen molar-refractivity contribution in [2.24, 2.45) is 0 Å². The lowest BCUT2D eigenvalue weighted by Crippen LogP contribution is -2.44. The van der Waals surface area contributed by atoms with Crippen molar-refractivity contribution in [2.75, 3.05) is 30.2 Å². The summed E-state index contributed by atoms with van der Waals surface area (Å²) in [5, 5.41) is 6.27. The summed E-state index contributed by atoms with van der Waals surface area (Å²) in [6, 6.07) is 39.0. The van der Waals surface area contributed by atoms with Gasteiger partial charge in [-0.15, -0.1) is 0 Å².